The van der Waals surface area contributed by atoms with E-state index in [4.69, 9.17) is 10.5 Å². The summed E-state index contributed by atoms with van der Waals surface area (Å²) < 4.78 is 5.46. The molecule has 0 aromatic heterocycles. The molecule has 4 nitrogen and oxygen atoms in total. The molecule has 2 atom stereocenters. The molecule has 2 N–H and O–H groups in total. The van der Waals surface area contributed by atoms with Crippen LogP contribution in [0.2, 0.25) is 0 Å². The average molecular weight is 290 g/mol. The van der Waals surface area contributed by atoms with E-state index >= 15 is 0 Å². The summed E-state index contributed by atoms with van der Waals surface area (Å²) in [7, 11) is 0. The zero-order valence-corrected chi connectivity index (χ0v) is 13.2. The first-order valence-corrected chi connectivity index (χ1v) is 7.62. The molecule has 1 fully saturated rings. The standard InChI is InChI=1S/C17H26N2O2/c1-17(2,3)21-16(20)19-10-9-15(18)14(12-19)11-13-7-5-4-6-8-13/h4-8,14-15H,9-12,18H2,1-3H3. The molecule has 4 heteroatoms. The lowest BCUT2D eigenvalue weighted by Crippen LogP contribution is -2.51. The largest absolute Gasteiger partial charge is 0.444 e. The lowest BCUT2D eigenvalue weighted by Gasteiger charge is -2.37. The number of carbonyl (C=O) groups is 1. The number of likely N-dealkylation sites (tertiary alicyclic amines) is 1. The first-order valence-electron chi connectivity index (χ1n) is 7.62. The van der Waals surface area contributed by atoms with Crippen LogP contribution in [0.4, 0.5) is 4.79 Å². The fraction of sp³-hybridized carbons (Fsp3) is 0.588. The number of amides is 1. The second-order valence-corrected chi connectivity index (χ2v) is 6.83. The molecule has 21 heavy (non-hydrogen) atoms. The molecule has 0 aliphatic carbocycles. The third-order valence-corrected chi connectivity index (χ3v) is 3.79. The first-order chi connectivity index (χ1) is 9.85. The topological polar surface area (TPSA) is 55.6 Å². The molecule has 0 bridgehead atoms. The third-order valence-electron chi connectivity index (χ3n) is 3.79. The number of hydrogen-bond donors (Lipinski definition) is 1. The summed E-state index contributed by atoms with van der Waals surface area (Å²) in [6.45, 7) is 7.03. The third kappa shape index (κ3) is 4.74. The molecule has 0 saturated carbocycles. The molecule has 2 unspecified atom stereocenters. The zero-order valence-electron chi connectivity index (χ0n) is 13.2. The minimum atomic E-state index is -0.453. The smallest absolute Gasteiger partial charge is 0.410 e. The van der Waals surface area contributed by atoms with Crippen LogP contribution in [0, 0.1) is 5.92 Å². The molecule has 116 valence electrons. The van der Waals surface area contributed by atoms with Crippen molar-refractivity contribution in [3.63, 3.8) is 0 Å². The molecule has 1 saturated heterocycles. The fourth-order valence-electron chi connectivity index (χ4n) is 2.68. The molecule has 1 heterocycles. The van der Waals surface area contributed by atoms with Gasteiger partial charge in [0.05, 0.1) is 0 Å². The van der Waals surface area contributed by atoms with Gasteiger partial charge in [-0.25, -0.2) is 4.79 Å². The number of hydrogen-bond acceptors (Lipinski definition) is 3. The van der Waals surface area contributed by atoms with E-state index in [0.29, 0.717) is 13.1 Å². The van der Waals surface area contributed by atoms with Crippen LogP contribution in [-0.4, -0.2) is 35.7 Å². The number of benzene rings is 1. The van der Waals surface area contributed by atoms with E-state index < -0.39 is 5.60 Å². The number of nitrogens with zero attached hydrogens (tertiary/aromatic N) is 1. The Balaban J connectivity index is 1.97. The number of carbonyl (C=O) groups excluding carboxylic acids is 1. The van der Waals surface area contributed by atoms with E-state index in [1.165, 1.54) is 5.56 Å². The summed E-state index contributed by atoms with van der Waals surface area (Å²) in [4.78, 5) is 14.0. The number of piperidine rings is 1. The second kappa shape index (κ2) is 6.48. The van der Waals surface area contributed by atoms with E-state index in [-0.39, 0.29) is 18.1 Å². The zero-order chi connectivity index (χ0) is 15.5. The van der Waals surface area contributed by atoms with Crippen LogP contribution in [0.3, 0.4) is 0 Å². The van der Waals surface area contributed by atoms with Gasteiger partial charge in [0.2, 0.25) is 0 Å². The highest BCUT2D eigenvalue weighted by atomic mass is 16.6. The van der Waals surface area contributed by atoms with Crippen LogP contribution in [0.15, 0.2) is 30.3 Å². The van der Waals surface area contributed by atoms with Gasteiger partial charge < -0.3 is 15.4 Å². The molecule has 1 amide bonds. The van der Waals surface area contributed by atoms with Crippen molar-refractivity contribution in [1.82, 2.24) is 4.90 Å². The van der Waals surface area contributed by atoms with Gasteiger partial charge in [-0.15, -0.1) is 0 Å². The number of ether oxygens (including phenoxy) is 1. The molecule has 1 aliphatic heterocycles. The monoisotopic (exact) mass is 290 g/mol. The van der Waals surface area contributed by atoms with E-state index in [9.17, 15) is 4.79 Å². The van der Waals surface area contributed by atoms with Gasteiger partial charge in [-0.3, -0.25) is 0 Å². The summed E-state index contributed by atoms with van der Waals surface area (Å²) >= 11 is 0. The number of rotatable bonds is 2. The van der Waals surface area contributed by atoms with Crippen LogP contribution in [0.5, 0.6) is 0 Å². The van der Waals surface area contributed by atoms with Gasteiger partial charge in [-0.05, 0) is 45.1 Å². The van der Waals surface area contributed by atoms with E-state index in [0.717, 1.165) is 12.8 Å². The summed E-state index contributed by atoms with van der Waals surface area (Å²) in [5.74, 6) is 0.286. The summed E-state index contributed by atoms with van der Waals surface area (Å²) in [5, 5.41) is 0. The van der Waals surface area contributed by atoms with E-state index in [1.807, 2.05) is 39.0 Å². The van der Waals surface area contributed by atoms with Gasteiger partial charge >= 0.3 is 6.09 Å². The predicted molar refractivity (Wildman–Crippen MR) is 84.0 cm³/mol. The molecule has 1 aliphatic rings. The predicted octanol–water partition coefficient (Wildman–Crippen LogP) is 2.81. The Kier molecular flexibility index (Phi) is 4.88. The Bertz CT molecular complexity index is 467. The van der Waals surface area contributed by atoms with Crippen LogP contribution in [0.1, 0.15) is 32.8 Å². The first kappa shape index (κ1) is 15.8. The van der Waals surface area contributed by atoms with Crippen LogP contribution in [0.25, 0.3) is 0 Å². The van der Waals surface area contributed by atoms with Crippen molar-refractivity contribution in [2.24, 2.45) is 11.7 Å². The Morgan fingerprint density at radius 3 is 2.62 bits per heavy atom. The molecule has 1 aromatic carbocycles. The van der Waals surface area contributed by atoms with Crippen molar-refractivity contribution in [2.75, 3.05) is 13.1 Å². The Labute approximate surface area is 127 Å². The van der Waals surface area contributed by atoms with Crippen molar-refractivity contribution < 1.29 is 9.53 Å². The minimum Gasteiger partial charge on any atom is -0.444 e. The fourth-order valence-corrected chi connectivity index (χ4v) is 2.68. The van der Waals surface area contributed by atoms with Crippen LogP contribution in [-0.2, 0) is 11.2 Å². The Morgan fingerprint density at radius 1 is 1.33 bits per heavy atom. The molecule has 0 radical (unpaired) electrons. The molecule has 1 aromatic rings. The molecular formula is C17H26N2O2. The van der Waals surface area contributed by atoms with E-state index in [2.05, 4.69) is 12.1 Å². The lowest BCUT2D eigenvalue weighted by molar-refractivity contribution is 0.0148. The van der Waals surface area contributed by atoms with Gasteiger partial charge in [0, 0.05) is 19.1 Å². The SMILES string of the molecule is CC(C)(C)OC(=O)N1CCC(N)C(Cc2ccccc2)C1. The average Bonchev–Trinajstić information content (AvgIpc) is 2.40. The van der Waals surface area contributed by atoms with Crippen molar-refractivity contribution >= 4 is 6.09 Å². The Morgan fingerprint density at radius 2 is 2.00 bits per heavy atom. The van der Waals surface area contributed by atoms with Crippen LogP contribution >= 0.6 is 0 Å². The summed E-state index contributed by atoms with van der Waals surface area (Å²) in [6.07, 6.45) is 1.50. The molecule has 0 spiro atoms. The Hall–Kier alpha value is -1.55. The summed E-state index contributed by atoms with van der Waals surface area (Å²) in [5.41, 5.74) is 7.05. The van der Waals surface area contributed by atoms with E-state index in [1.54, 1.807) is 4.90 Å². The highest BCUT2D eigenvalue weighted by Crippen LogP contribution is 2.22. The maximum absolute atomic E-state index is 12.2. The van der Waals surface area contributed by atoms with Crippen molar-refractivity contribution in [3.05, 3.63) is 35.9 Å². The number of nitrogens with two attached hydrogens (primary N) is 1. The van der Waals surface area contributed by atoms with Gasteiger partial charge in [0.25, 0.3) is 0 Å². The minimum absolute atomic E-state index is 0.142. The van der Waals surface area contributed by atoms with Gasteiger partial charge in [0.15, 0.2) is 0 Å². The van der Waals surface area contributed by atoms with Crippen LogP contribution < -0.4 is 5.73 Å². The van der Waals surface area contributed by atoms with Crippen molar-refractivity contribution in [3.8, 4) is 0 Å². The lowest BCUT2D eigenvalue weighted by atomic mass is 9.87. The maximum atomic E-state index is 12.2. The molecular weight excluding hydrogens is 264 g/mol. The second-order valence-electron chi connectivity index (χ2n) is 6.83. The summed E-state index contributed by atoms with van der Waals surface area (Å²) in [6, 6.07) is 10.4. The molecule has 2 rings (SSSR count). The highest BCUT2D eigenvalue weighted by molar-refractivity contribution is 5.68. The van der Waals surface area contributed by atoms with Crippen molar-refractivity contribution in [2.45, 2.75) is 45.3 Å². The van der Waals surface area contributed by atoms with Gasteiger partial charge in [-0.1, -0.05) is 30.3 Å². The normalized spacial score (nSPS) is 23.0. The highest BCUT2D eigenvalue weighted by Gasteiger charge is 2.31. The van der Waals surface area contributed by atoms with Gasteiger partial charge in [-0.2, -0.15) is 0 Å². The quantitative estimate of drug-likeness (QED) is 0.911. The van der Waals surface area contributed by atoms with Gasteiger partial charge in [0.1, 0.15) is 5.60 Å². The van der Waals surface area contributed by atoms with Crippen molar-refractivity contribution in [1.29, 1.82) is 0 Å². The maximum Gasteiger partial charge on any atom is 0.410 e.